The van der Waals surface area contributed by atoms with E-state index in [1.165, 1.54) is 46.1 Å². The van der Waals surface area contributed by atoms with E-state index in [2.05, 4.69) is 19.1 Å². The third kappa shape index (κ3) is 4.47. The summed E-state index contributed by atoms with van der Waals surface area (Å²) in [4.78, 5) is 21.3. The summed E-state index contributed by atoms with van der Waals surface area (Å²) in [6.45, 7) is 8.88. The van der Waals surface area contributed by atoms with Crippen molar-refractivity contribution in [1.82, 2.24) is 4.98 Å². The fourth-order valence-electron chi connectivity index (χ4n) is 3.69. The molecule has 3 aromatic rings. The number of benzene rings is 2. The number of aryl methyl sites for hydroxylation is 2. The van der Waals surface area contributed by atoms with Gasteiger partial charge in [0, 0.05) is 5.56 Å². The van der Waals surface area contributed by atoms with Gasteiger partial charge in [-0.25, -0.2) is 9.37 Å². The van der Waals surface area contributed by atoms with Gasteiger partial charge in [0.2, 0.25) is 0 Å². The number of ether oxygens (including phenoxy) is 1. The van der Waals surface area contributed by atoms with Gasteiger partial charge in [-0.15, -0.1) is 0 Å². The molecular weight excluding hydrogens is 389 g/mol. The van der Waals surface area contributed by atoms with Gasteiger partial charge in [-0.3, -0.25) is 9.69 Å². The van der Waals surface area contributed by atoms with Crippen molar-refractivity contribution in [3.8, 4) is 0 Å². The number of rotatable bonds is 5. The third-order valence-corrected chi connectivity index (χ3v) is 6.30. The topological polar surface area (TPSA) is 46.9 Å². The van der Waals surface area contributed by atoms with Crippen molar-refractivity contribution < 1.29 is 18.8 Å². The first-order valence-corrected chi connectivity index (χ1v) is 10.7. The molecule has 1 saturated heterocycles. The molecule has 1 aromatic heterocycles. The highest BCUT2D eigenvalue weighted by molar-refractivity contribution is 7.22. The second kappa shape index (κ2) is 8.57. The minimum Gasteiger partial charge on any atom is -0.370 e. The molecule has 1 amide bonds. The van der Waals surface area contributed by atoms with Crippen LogP contribution >= 0.6 is 11.3 Å². The number of thiazole rings is 1. The molecule has 0 radical (unpaired) electrons. The van der Waals surface area contributed by atoms with Crippen LogP contribution < -0.4 is 9.80 Å². The van der Waals surface area contributed by atoms with E-state index < -0.39 is 0 Å². The first-order valence-electron chi connectivity index (χ1n) is 9.88. The summed E-state index contributed by atoms with van der Waals surface area (Å²) in [5, 5.41) is 0.690. The average molecular weight is 415 g/mol. The predicted octanol–water partition coefficient (Wildman–Crippen LogP) is 2.61. The Morgan fingerprint density at radius 3 is 2.66 bits per heavy atom. The van der Waals surface area contributed by atoms with E-state index in [1.807, 2.05) is 6.92 Å². The Bertz CT molecular complexity index is 1010. The molecule has 2 heterocycles. The SMILES string of the molecule is Cc1cc(C)c2nc(N(CC[NH+]3CCOCC3)C(=O)c3ccc(F)cc3)sc2c1. The fourth-order valence-corrected chi connectivity index (χ4v) is 4.85. The molecule has 0 atom stereocenters. The first-order chi connectivity index (χ1) is 14.0. The minimum absolute atomic E-state index is 0.147. The Morgan fingerprint density at radius 2 is 1.93 bits per heavy atom. The van der Waals surface area contributed by atoms with Crippen molar-refractivity contribution in [2.45, 2.75) is 13.8 Å². The monoisotopic (exact) mass is 414 g/mol. The number of quaternary nitrogens is 1. The highest BCUT2D eigenvalue weighted by atomic mass is 32.1. The van der Waals surface area contributed by atoms with Gasteiger partial charge in [-0.05, 0) is 55.3 Å². The number of carbonyl (C=O) groups is 1. The summed E-state index contributed by atoms with van der Waals surface area (Å²) in [7, 11) is 0. The Labute approximate surface area is 173 Å². The standard InChI is InChI=1S/C22H24FN3O2S/c1-15-13-16(2)20-19(14-15)29-22(24-20)26(8-7-25-9-11-28-12-10-25)21(27)17-3-5-18(23)6-4-17/h3-6,13-14H,7-12H2,1-2H3/p+1. The lowest BCUT2D eigenvalue weighted by atomic mass is 10.1. The molecule has 5 nitrogen and oxygen atoms in total. The summed E-state index contributed by atoms with van der Waals surface area (Å²) in [6, 6.07) is 9.94. The highest BCUT2D eigenvalue weighted by Gasteiger charge is 2.24. The third-order valence-electron chi connectivity index (χ3n) is 5.27. The van der Waals surface area contributed by atoms with Crippen LogP contribution in [0.1, 0.15) is 21.5 Å². The zero-order chi connectivity index (χ0) is 20.4. The second-order valence-corrected chi connectivity index (χ2v) is 8.51. The average Bonchev–Trinajstić information content (AvgIpc) is 3.13. The number of morpholine rings is 1. The summed E-state index contributed by atoms with van der Waals surface area (Å²) in [5.41, 5.74) is 3.69. The lowest BCUT2D eigenvalue weighted by Gasteiger charge is -2.27. The summed E-state index contributed by atoms with van der Waals surface area (Å²) in [6.07, 6.45) is 0. The van der Waals surface area contributed by atoms with E-state index in [9.17, 15) is 9.18 Å². The molecule has 4 rings (SSSR count). The maximum absolute atomic E-state index is 13.3. The molecule has 1 fully saturated rings. The van der Waals surface area contributed by atoms with Crippen molar-refractivity contribution in [1.29, 1.82) is 0 Å². The van der Waals surface area contributed by atoms with Crippen LogP contribution in [0.25, 0.3) is 10.2 Å². The number of fused-ring (bicyclic) bond motifs is 1. The predicted molar refractivity (Wildman–Crippen MR) is 114 cm³/mol. The van der Waals surface area contributed by atoms with Crippen LogP contribution in [0.4, 0.5) is 9.52 Å². The lowest BCUT2D eigenvalue weighted by molar-refractivity contribution is -0.906. The quantitative estimate of drug-likeness (QED) is 0.698. The second-order valence-electron chi connectivity index (χ2n) is 7.50. The Balaban J connectivity index is 1.66. The van der Waals surface area contributed by atoms with Gasteiger partial charge >= 0.3 is 0 Å². The van der Waals surface area contributed by atoms with Gasteiger partial charge in [0.15, 0.2) is 5.13 Å². The van der Waals surface area contributed by atoms with E-state index in [-0.39, 0.29) is 11.7 Å². The van der Waals surface area contributed by atoms with Crippen molar-refractivity contribution >= 4 is 32.6 Å². The van der Waals surface area contributed by atoms with Crippen molar-refractivity contribution in [2.24, 2.45) is 0 Å². The number of carbonyl (C=O) groups excluding carboxylic acids is 1. The highest BCUT2D eigenvalue weighted by Crippen LogP contribution is 2.32. The van der Waals surface area contributed by atoms with Gasteiger partial charge in [0.05, 0.1) is 36.5 Å². The zero-order valence-electron chi connectivity index (χ0n) is 16.7. The fraction of sp³-hybridized carbons (Fsp3) is 0.364. The Kier molecular flexibility index (Phi) is 5.89. The van der Waals surface area contributed by atoms with Crippen LogP contribution in [0.5, 0.6) is 0 Å². The smallest absolute Gasteiger partial charge is 0.260 e. The minimum atomic E-state index is -0.350. The molecule has 152 valence electrons. The van der Waals surface area contributed by atoms with Crippen LogP contribution in [0.2, 0.25) is 0 Å². The lowest BCUT2D eigenvalue weighted by Crippen LogP contribution is -3.14. The molecular formula is C22H25FN3O2S+. The van der Waals surface area contributed by atoms with E-state index in [0.29, 0.717) is 17.2 Å². The molecule has 1 N–H and O–H groups in total. The summed E-state index contributed by atoms with van der Waals surface area (Å²) >= 11 is 1.53. The van der Waals surface area contributed by atoms with Crippen molar-refractivity contribution in [2.75, 3.05) is 44.3 Å². The molecule has 0 aliphatic carbocycles. The van der Waals surface area contributed by atoms with Crippen LogP contribution in [-0.4, -0.2) is 50.3 Å². The zero-order valence-corrected chi connectivity index (χ0v) is 17.5. The number of halogens is 1. The van der Waals surface area contributed by atoms with Gasteiger partial charge in [0.1, 0.15) is 18.9 Å². The number of amides is 1. The number of hydrogen-bond acceptors (Lipinski definition) is 4. The number of hydrogen-bond donors (Lipinski definition) is 1. The molecule has 1 aliphatic rings. The van der Waals surface area contributed by atoms with Crippen LogP contribution in [-0.2, 0) is 4.74 Å². The molecule has 0 bridgehead atoms. The van der Waals surface area contributed by atoms with E-state index in [0.717, 1.165) is 48.6 Å². The van der Waals surface area contributed by atoms with Crippen LogP contribution in [0, 0.1) is 19.7 Å². The van der Waals surface area contributed by atoms with Crippen LogP contribution in [0.3, 0.4) is 0 Å². The van der Waals surface area contributed by atoms with Crippen molar-refractivity contribution in [3.63, 3.8) is 0 Å². The van der Waals surface area contributed by atoms with Gasteiger partial charge in [-0.2, -0.15) is 0 Å². The Hall–Kier alpha value is -2.35. The molecule has 0 unspecified atom stereocenters. The maximum Gasteiger partial charge on any atom is 0.260 e. The van der Waals surface area contributed by atoms with Gasteiger partial charge in [0.25, 0.3) is 5.91 Å². The summed E-state index contributed by atoms with van der Waals surface area (Å²) in [5.74, 6) is -0.497. The van der Waals surface area contributed by atoms with E-state index in [4.69, 9.17) is 9.72 Å². The number of anilines is 1. The first kappa shape index (κ1) is 19.9. The Morgan fingerprint density at radius 1 is 1.21 bits per heavy atom. The van der Waals surface area contributed by atoms with E-state index in [1.54, 1.807) is 4.90 Å². The molecule has 0 saturated carbocycles. The molecule has 7 heteroatoms. The molecule has 0 spiro atoms. The summed E-state index contributed by atoms with van der Waals surface area (Å²) < 4.78 is 19.8. The molecule has 29 heavy (non-hydrogen) atoms. The number of nitrogens with zero attached hydrogens (tertiary/aromatic N) is 2. The van der Waals surface area contributed by atoms with Gasteiger partial charge < -0.3 is 9.64 Å². The number of aromatic nitrogens is 1. The normalized spacial score (nSPS) is 15.0. The van der Waals surface area contributed by atoms with Gasteiger partial charge in [-0.1, -0.05) is 17.4 Å². The maximum atomic E-state index is 13.3. The molecule has 2 aromatic carbocycles. The number of nitrogens with one attached hydrogen (secondary N) is 1. The van der Waals surface area contributed by atoms with Crippen molar-refractivity contribution in [3.05, 3.63) is 58.9 Å². The largest absolute Gasteiger partial charge is 0.370 e. The van der Waals surface area contributed by atoms with E-state index >= 15 is 0 Å². The van der Waals surface area contributed by atoms with Crippen LogP contribution in [0.15, 0.2) is 36.4 Å². The molecule has 1 aliphatic heterocycles.